The van der Waals surface area contributed by atoms with Gasteiger partial charge in [-0.25, -0.2) is 4.79 Å². The number of benzene rings is 1. The van der Waals surface area contributed by atoms with E-state index in [4.69, 9.17) is 4.74 Å². The molecule has 0 aliphatic carbocycles. The molecule has 174 valence electrons. The van der Waals surface area contributed by atoms with Gasteiger partial charge in [-0.1, -0.05) is 37.3 Å². The summed E-state index contributed by atoms with van der Waals surface area (Å²) < 4.78 is 7.37. The lowest BCUT2D eigenvalue weighted by molar-refractivity contribution is -0.149. The van der Waals surface area contributed by atoms with E-state index in [9.17, 15) is 14.9 Å². The molecule has 1 saturated heterocycles. The highest BCUT2D eigenvalue weighted by Gasteiger charge is 2.24. The van der Waals surface area contributed by atoms with Crippen molar-refractivity contribution in [3.05, 3.63) is 64.5 Å². The zero-order chi connectivity index (χ0) is 23.8. The zero-order valence-corrected chi connectivity index (χ0v) is 19.8. The minimum atomic E-state index is -0.759. The van der Waals surface area contributed by atoms with Gasteiger partial charge in [0, 0.05) is 31.0 Å². The molecule has 1 aromatic heterocycles. The highest BCUT2D eigenvalue weighted by Crippen LogP contribution is 2.22. The Hall–Kier alpha value is -3.33. The monoisotopic (exact) mass is 447 g/mol. The SMILES string of the molecule is CCCn1c(C)cc(C=C(C#N)C(=O)OCC(=O)N2CCC(Cc3ccccc3)CC2)c1C. The van der Waals surface area contributed by atoms with Gasteiger partial charge in [0.15, 0.2) is 6.61 Å². The van der Waals surface area contributed by atoms with E-state index in [1.165, 1.54) is 5.56 Å². The van der Waals surface area contributed by atoms with Crippen LogP contribution >= 0.6 is 0 Å². The first-order valence-corrected chi connectivity index (χ1v) is 11.7. The molecule has 2 aromatic rings. The number of rotatable bonds is 8. The summed E-state index contributed by atoms with van der Waals surface area (Å²) in [4.78, 5) is 26.8. The van der Waals surface area contributed by atoms with Crippen molar-refractivity contribution in [2.75, 3.05) is 19.7 Å². The second kappa shape index (κ2) is 11.5. The van der Waals surface area contributed by atoms with Crippen molar-refractivity contribution in [3.8, 4) is 6.07 Å². The average Bonchev–Trinajstić information content (AvgIpc) is 3.09. The van der Waals surface area contributed by atoms with Gasteiger partial charge in [-0.3, -0.25) is 4.79 Å². The predicted octanol–water partition coefficient (Wildman–Crippen LogP) is 4.45. The lowest BCUT2D eigenvalue weighted by Crippen LogP contribution is -2.41. The Morgan fingerprint density at radius 3 is 2.52 bits per heavy atom. The zero-order valence-electron chi connectivity index (χ0n) is 19.8. The van der Waals surface area contributed by atoms with Crippen LogP contribution in [-0.4, -0.2) is 41.0 Å². The van der Waals surface area contributed by atoms with Crippen molar-refractivity contribution in [2.45, 2.75) is 53.0 Å². The summed E-state index contributed by atoms with van der Waals surface area (Å²) in [6.45, 7) is 7.96. The molecule has 3 rings (SSSR count). The fourth-order valence-electron chi connectivity index (χ4n) is 4.46. The summed E-state index contributed by atoms with van der Waals surface area (Å²) in [5, 5.41) is 9.47. The molecule has 1 fully saturated rings. The number of aromatic nitrogens is 1. The number of hydrogen-bond donors (Lipinski definition) is 0. The first-order chi connectivity index (χ1) is 15.9. The van der Waals surface area contributed by atoms with Crippen molar-refractivity contribution in [1.29, 1.82) is 5.26 Å². The van der Waals surface area contributed by atoms with Gasteiger partial charge in [0.2, 0.25) is 0 Å². The number of ether oxygens (including phenoxy) is 1. The second-order valence-corrected chi connectivity index (χ2v) is 8.74. The van der Waals surface area contributed by atoms with Gasteiger partial charge >= 0.3 is 5.97 Å². The van der Waals surface area contributed by atoms with Gasteiger partial charge in [0.05, 0.1) is 0 Å². The second-order valence-electron chi connectivity index (χ2n) is 8.74. The number of aryl methyl sites for hydroxylation is 1. The largest absolute Gasteiger partial charge is 0.451 e. The Kier molecular flexibility index (Phi) is 8.48. The quantitative estimate of drug-likeness (QED) is 0.340. The highest BCUT2D eigenvalue weighted by molar-refractivity contribution is 5.99. The Balaban J connectivity index is 1.51. The van der Waals surface area contributed by atoms with Crippen LogP contribution in [0.25, 0.3) is 6.08 Å². The number of nitrogens with zero attached hydrogens (tertiary/aromatic N) is 3. The van der Waals surface area contributed by atoms with E-state index in [2.05, 4.69) is 35.8 Å². The molecule has 0 atom stereocenters. The number of nitriles is 1. The molecule has 6 nitrogen and oxygen atoms in total. The van der Waals surface area contributed by atoms with Crippen LogP contribution in [0.4, 0.5) is 0 Å². The number of esters is 1. The third-order valence-corrected chi connectivity index (χ3v) is 6.36. The molecule has 33 heavy (non-hydrogen) atoms. The van der Waals surface area contributed by atoms with Crippen LogP contribution in [-0.2, 0) is 27.3 Å². The van der Waals surface area contributed by atoms with Gasteiger partial charge in [-0.2, -0.15) is 5.26 Å². The molecule has 1 aromatic carbocycles. The van der Waals surface area contributed by atoms with Gasteiger partial charge < -0.3 is 14.2 Å². The van der Waals surface area contributed by atoms with Crippen molar-refractivity contribution in [3.63, 3.8) is 0 Å². The van der Waals surface area contributed by atoms with E-state index >= 15 is 0 Å². The van der Waals surface area contributed by atoms with Crippen molar-refractivity contribution < 1.29 is 14.3 Å². The molecule has 1 amide bonds. The first kappa shape index (κ1) is 24.3. The van der Waals surface area contributed by atoms with Crippen LogP contribution in [0.1, 0.15) is 48.7 Å². The van der Waals surface area contributed by atoms with Crippen LogP contribution in [0.15, 0.2) is 42.0 Å². The van der Waals surface area contributed by atoms with E-state index in [1.807, 2.05) is 32.0 Å². The number of piperidine rings is 1. The van der Waals surface area contributed by atoms with Gasteiger partial charge in [-0.15, -0.1) is 0 Å². The van der Waals surface area contributed by atoms with Crippen molar-refractivity contribution in [2.24, 2.45) is 5.92 Å². The standard InChI is InChI=1S/C27H33N3O3/c1-4-12-30-20(2)15-24(21(30)3)17-25(18-28)27(32)33-19-26(31)29-13-10-23(11-14-29)16-22-8-6-5-7-9-22/h5-9,15,17,23H,4,10-14,16,19H2,1-3H3. The Morgan fingerprint density at radius 2 is 1.88 bits per heavy atom. The number of likely N-dealkylation sites (tertiary alicyclic amines) is 1. The third-order valence-electron chi connectivity index (χ3n) is 6.36. The fourth-order valence-corrected chi connectivity index (χ4v) is 4.46. The maximum Gasteiger partial charge on any atom is 0.349 e. The smallest absolute Gasteiger partial charge is 0.349 e. The molecular weight excluding hydrogens is 414 g/mol. The molecule has 0 N–H and O–H groups in total. The number of hydrogen-bond acceptors (Lipinski definition) is 4. The lowest BCUT2D eigenvalue weighted by atomic mass is 9.90. The minimum absolute atomic E-state index is 0.0962. The van der Waals surface area contributed by atoms with Crippen LogP contribution < -0.4 is 0 Å². The van der Waals surface area contributed by atoms with Crippen molar-refractivity contribution in [1.82, 2.24) is 9.47 Å². The molecular formula is C27H33N3O3. The van der Waals surface area contributed by atoms with Crippen LogP contribution in [0.5, 0.6) is 0 Å². The summed E-state index contributed by atoms with van der Waals surface area (Å²) in [6.07, 6.45) is 5.44. The molecule has 1 aliphatic heterocycles. The third kappa shape index (κ3) is 6.35. The van der Waals surface area contributed by atoms with Gasteiger partial charge in [0.1, 0.15) is 11.6 Å². The van der Waals surface area contributed by atoms with Gasteiger partial charge in [0.25, 0.3) is 5.91 Å². The summed E-state index contributed by atoms with van der Waals surface area (Å²) in [6, 6.07) is 14.3. The topological polar surface area (TPSA) is 75.3 Å². The minimum Gasteiger partial charge on any atom is -0.451 e. The van der Waals surface area contributed by atoms with Crippen molar-refractivity contribution >= 4 is 18.0 Å². The molecule has 0 bridgehead atoms. The van der Waals surface area contributed by atoms with Crippen LogP contribution in [0.3, 0.4) is 0 Å². The maximum atomic E-state index is 12.6. The summed E-state index contributed by atoms with van der Waals surface area (Å²) in [7, 11) is 0. The van der Waals surface area contributed by atoms with E-state index in [-0.39, 0.29) is 18.1 Å². The molecule has 0 radical (unpaired) electrons. The molecule has 6 heteroatoms. The van der Waals surface area contributed by atoms with Crippen LogP contribution in [0.2, 0.25) is 0 Å². The fraction of sp³-hybridized carbons (Fsp3) is 0.444. The number of carbonyl (C=O) groups excluding carboxylic acids is 2. The maximum absolute atomic E-state index is 12.6. The normalized spacial score (nSPS) is 14.7. The van der Waals surface area contributed by atoms with E-state index in [0.717, 1.165) is 49.2 Å². The Morgan fingerprint density at radius 1 is 1.18 bits per heavy atom. The Labute approximate surface area is 196 Å². The van der Waals surface area contributed by atoms with E-state index in [1.54, 1.807) is 11.0 Å². The molecule has 0 unspecified atom stereocenters. The predicted molar refractivity (Wildman–Crippen MR) is 128 cm³/mol. The number of carbonyl (C=O) groups is 2. The molecule has 1 aliphatic rings. The number of amides is 1. The van der Waals surface area contributed by atoms with Crippen LogP contribution in [0, 0.1) is 31.1 Å². The molecule has 2 heterocycles. The van der Waals surface area contributed by atoms with E-state index in [0.29, 0.717) is 19.0 Å². The van der Waals surface area contributed by atoms with Gasteiger partial charge in [-0.05, 0) is 68.7 Å². The van der Waals surface area contributed by atoms with E-state index < -0.39 is 5.97 Å². The first-order valence-electron chi connectivity index (χ1n) is 11.7. The summed E-state index contributed by atoms with van der Waals surface area (Å²) in [5.74, 6) is -0.413. The summed E-state index contributed by atoms with van der Waals surface area (Å²) >= 11 is 0. The lowest BCUT2D eigenvalue weighted by Gasteiger charge is -2.32. The highest BCUT2D eigenvalue weighted by atomic mass is 16.5. The average molecular weight is 448 g/mol. The molecule has 0 saturated carbocycles. The Bertz CT molecular complexity index is 1040. The summed E-state index contributed by atoms with van der Waals surface area (Å²) in [5.41, 5.74) is 4.13. The molecule has 0 spiro atoms.